The van der Waals surface area contributed by atoms with E-state index in [-0.39, 0.29) is 0 Å². The van der Waals surface area contributed by atoms with Gasteiger partial charge in [-0.25, -0.2) is 0 Å². The molecule has 2 heteroatoms. The average Bonchev–Trinajstić information content (AvgIpc) is 2.30. The molecule has 1 aromatic heterocycles. The van der Waals surface area contributed by atoms with E-state index in [1.807, 2.05) is 5.38 Å². The second-order valence-electron chi connectivity index (χ2n) is 2.93. The maximum absolute atomic E-state index is 8.74. The van der Waals surface area contributed by atoms with Crippen molar-refractivity contribution >= 4 is 11.3 Å². The second kappa shape index (κ2) is 3.06. The highest BCUT2D eigenvalue weighted by Gasteiger charge is 2.10. The highest BCUT2D eigenvalue weighted by Crippen LogP contribution is 2.27. The Hall–Kier alpha value is -0.810. The summed E-state index contributed by atoms with van der Waals surface area (Å²) in [4.78, 5) is 0.873. The standard InChI is InChI=1S/C9H11NS/c1-6(2)9-7(3)5-11-8(9)4-10/h5-6H,1-3H3. The van der Waals surface area contributed by atoms with Crippen LogP contribution < -0.4 is 0 Å². The van der Waals surface area contributed by atoms with E-state index < -0.39 is 0 Å². The van der Waals surface area contributed by atoms with E-state index in [2.05, 4.69) is 26.8 Å². The fourth-order valence-electron chi connectivity index (χ4n) is 1.26. The molecule has 0 saturated heterocycles. The molecule has 0 amide bonds. The van der Waals surface area contributed by atoms with E-state index in [1.54, 1.807) is 11.3 Å². The molecule has 0 aliphatic rings. The van der Waals surface area contributed by atoms with Crippen molar-refractivity contribution < 1.29 is 0 Å². The SMILES string of the molecule is Cc1csc(C#N)c1C(C)C. The maximum Gasteiger partial charge on any atom is 0.110 e. The summed E-state index contributed by atoms with van der Waals surface area (Å²) in [6.07, 6.45) is 0. The number of rotatable bonds is 1. The van der Waals surface area contributed by atoms with Crippen molar-refractivity contribution in [1.82, 2.24) is 0 Å². The quantitative estimate of drug-likeness (QED) is 0.627. The Kier molecular flexibility index (Phi) is 2.31. The van der Waals surface area contributed by atoms with Crippen molar-refractivity contribution in [1.29, 1.82) is 5.26 Å². The summed E-state index contributed by atoms with van der Waals surface area (Å²) in [5, 5.41) is 10.8. The van der Waals surface area contributed by atoms with Crippen LogP contribution in [0.2, 0.25) is 0 Å². The van der Waals surface area contributed by atoms with Crippen LogP contribution in [0.15, 0.2) is 5.38 Å². The Morgan fingerprint density at radius 2 is 2.18 bits per heavy atom. The molecule has 0 aliphatic heterocycles. The monoisotopic (exact) mass is 165 g/mol. The van der Waals surface area contributed by atoms with Crippen LogP contribution in [0.3, 0.4) is 0 Å². The van der Waals surface area contributed by atoms with Gasteiger partial charge in [0.1, 0.15) is 10.9 Å². The van der Waals surface area contributed by atoms with Gasteiger partial charge in [-0.05, 0) is 29.3 Å². The lowest BCUT2D eigenvalue weighted by Gasteiger charge is -2.03. The molecule has 1 rings (SSSR count). The van der Waals surface area contributed by atoms with Gasteiger partial charge in [0.05, 0.1) is 0 Å². The number of nitriles is 1. The molecule has 0 bridgehead atoms. The predicted octanol–water partition coefficient (Wildman–Crippen LogP) is 3.05. The summed E-state index contributed by atoms with van der Waals surface area (Å²) >= 11 is 1.54. The van der Waals surface area contributed by atoms with E-state index in [0.717, 1.165) is 4.88 Å². The maximum atomic E-state index is 8.74. The molecule has 0 unspecified atom stereocenters. The first-order valence-corrected chi connectivity index (χ1v) is 4.53. The Morgan fingerprint density at radius 3 is 2.55 bits per heavy atom. The van der Waals surface area contributed by atoms with Crippen molar-refractivity contribution in [2.45, 2.75) is 26.7 Å². The van der Waals surface area contributed by atoms with Gasteiger partial charge in [0.2, 0.25) is 0 Å². The van der Waals surface area contributed by atoms with Crippen LogP contribution >= 0.6 is 11.3 Å². The predicted molar refractivity (Wildman–Crippen MR) is 47.9 cm³/mol. The minimum absolute atomic E-state index is 0.468. The van der Waals surface area contributed by atoms with E-state index in [4.69, 9.17) is 5.26 Å². The lowest BCUT2D eigenvalue weighted by atomic mass is 10.0. The lowest BCUT2D eigenvalue weighted by Crippen LogP contribution is -1.89. The van der Waals surface area contributed by atoms with Crippen molar-refractivity contribution in [3.63, 3.8) is 0 Å². The van der Waals surface area contributed by atoms with Crippen molar-refractivity contribution in [3.05, 3.63) is 21.4 Å². The number of thiophene rings is 1. The molecule has 11 heavy (non-hydrogen) atoms. The molecule has 1 nitrogen and oxygen atoms in total. The summed E-state index contributed by atoms with van der Waals surface area (Å²) in [5.41, 5.74) is 2.47. The van der Waals surface area contributed by atoms with Gasteiger partial charge < -0.3 is 0 Å². The van der Waals surface area contributed by atoms with Crippen LogP contribution in [0.25, 0.3) is 0 Å². The molecule has 0 radical (unpaired) electrons. The van der Waals surface area contributed by atoms with Gasteiger partial charge in [0, 0.05) is 0 Å². The second-order valence-corrected chi connectivity index (χ2v) is 3.81. The first kappa shape index (κ1) is 8.29. The minimum Gasteiger partial charge on any atom is -0.192 e. The largest absolute Gasteiger partial charge is 0.192 e. The Bertz CT molecular complexity index is 291. The van der Waals surface area contributed by atoms with Crippen LogP contribution in [0.5, 0.6) is 0 Å². The topological polar surface area (TPSA) is 23.8 Å². The molecule has 58 valence electrons. The van der Waals surface area contributed by atoms with Gasteiger partial charge in [0.15, 0.2) is 0 Å². The van der Waals surface area contributed by atoms with Crippen LogP contribution in [0.4, 0.5) is 0 Å². The van der Waals surface area contributed by atoms with Gasteiger partial charge in [0.25, 0.3) is 0 Å². The zero-order valence-corrected chi connectivity index (χ0v) is 7.83. The van der Waals surface area contributed by atoms with Gasteiger partial charge in [-0.2, -0.15) is 5.26 Å². The molecular weight excluding hydrogens is 154 g/mol. The number of aryl methyl sites for hydroxylation is 1. The number of hydrogen-bond acceptors (Lipinski definition) is 2. The van der Waals surface area contributed by atoms with Gasteiger partial charge in [-0.1, -0.05) is 13.8 Å². The summed E-state index contributed by atoms with van der Waals surface area (Å²) in [6.45, 7) is 6.30. The highest BCUT2D eigenvalue weighted by molar-refractivity contribution is 7.10. The smallest absolute Gasteiger partial charge is 0.110 e. The third-order valence-electron chi connectivity index (χ3n) is 1.70. The zero-order valence-electron chi connectivity index (χ0n) is 7.01. The van der Waals surface area contributed by atoms with E-state index in [0.29, 0.717) is 5.92 Å². The average molecular weight is 165 g/mol. The Labute approximate surface area is 71.3 Å². The lowest BCUT2D eigenvalue weighted by molar-refractivity contribution is 0.860. The molecule has 0 fully saturated rings. The van der Waals surface area contributed by atoms with E-state index in [9.17, 15) is 0 Å². The van der Waals surface area contributed by atoms with Crippen LogP contribution in [-0.2, 0) is 0 Å². The van der Waals surface area contributed by atoms with Crippen LogP contribution in [0, 0.1) is 18.3 Å². The summed E-state index contributed by atoms with van der Waals surface area (Å²) in [6, 6.07) is 2.22. The first-order chi connectivity index (χ1) is 5.16. The summed E-state index contributed by atoms with van der Waals surface area (Å²) in [5.74, 6) is 0.468. The summed E-state index contributed by atoms with van der Waals surface area (Å²) in [7, 11) is 0. The molecule has 0 N–H and O–H groups in total. The van der Waals surface area contributed by atoms with E-state index in [1.165, 1.54) is 11.1 Å². The zero-order chi connectivity index (χ0) is 8.43. The number of hydrogen-bond donors (Lipinski definition) is 0. The van der Waals surface area contributed by atoms with Crippen molar-refractivity contribution in [2.75, 3.05) is 0 Å². The normalized spacial score (nSPS) is 10.1. The minimum atomic E-state index is 0.468. The van der Waals surface area contributed by atoms with Crippen LogP contribution in [-0.4, -0.2) is 0 Å². The highest BCUT2D eigenvalue weighted by atomic mass is 32.1. The fourth-order valence-corrected chi connectivity index (χ4v) is 2.26. The molecule has 0 atom stereocenters. The number of nitrogens with zero attached hydrogens (tertiary/aromatic N) is 1. The van der Waals surface area contributed by atoms with Gasteiger partial charge in [-0.3, -0.25) is 0 Å². The molecule has 0 saturated carbocycles. The molecule has 1 heterocycles. The van der Waals surface area contributed by atoms with Crippen LogP contribution in [0.1, 0.15) is 35.8 Å². The van der Waals surface area contributed by atoms with Crippen molar-refractivity contribution in [2.24, 2.45) is 0 Å². The third-order valence-corrected chi connectivity index (χ3v) is 2.72. The molecule has 0 spiro atoms. The Morgan fingerprint density at radius 1 is 1.55 bits per heavy atom. The molecule has 0 aliphatic carbocycles. The van der Waals surface area contributed by atoms with Crippen molar-refractivity contribution in [3.8, 4) is 6.07 Å². The first-order valence-electron chi connectivity index (χ1n) is 3.65. The molecule has 1 aromatic rings. The van der Waals surface area contributed by atoms with Gasteiger partial charge in [-0.15, -0.1) is 11.3 Å². The van der Waals surface area contributed by atoms with E-state index >= 15 is 0 Å². The molecule has 0 aromatic carbocycles. The third kappa shape index (κ3) is 1.44. The molecular formula is C9H11NS. The summed E-state index contributed by atoms with van der Waals surface area (Å²) < 4.78 is 0. The fraction of sp³-hybridized carbons (Fsp3) is 0.444. The van der Waals surface area contributed by atoms with Gasteiger partial charge >= 0.3 is 0 Å². The Balaban J connectivity index is 3.21.